The summed E-state index contributed by atoms with van der Waals surface area (Å²) in [5.41, 5.74) is 2.06. The van der Waals surface area contributed by atoms with Gasteiger partial charge in [-0.3, -0.25) is 0 Å². The van der Waals surface area contributed by atoms with Crippen LogP contribution >= 0.6 is 23.2 Å². The van der Waals surface area contributed by atoms with Crippen molar-refractivity contribution in [3.63, 3.8) is 0 Å². The van der Waals surface area contributed by atoms with Gasteiger partial charge in [0.25, 0.3) is 0 Å². The molecule has 5 nitrogen and oxygen atoms in total. The molecule has 0 spiro atoms. The number of aliphatic hydroxyl groups is 1. The van der Waals surface area contributed by atoms with Crippen molar-refractivity contribution < 1.29 is 14.6 Å². The fourth-order valence-corrected chi connectivity index (χ4v) is 3.48. The van der Waals surface area contributed by atoms with Crippen LogP contribution in [0.15, 0.2) is 12.1 Å². The van der Waals surface area contributed by atoms with Crippen LogP contribution in [0.4, 0.5) is 4.79 Å². The summed E-state index contributed by atoms with van der Waals surface area (Å²) in [6, 6.07) is 3.51. The number of fused-ring (bicyclic) bond motifs is 1. The van der Waals surface area contributed by atoms with Crippen molar-refractivity contribution in [2.75, 3.05) is 26.3 Å². The Bertz CT molecular complexity index is 582. The van der Waals surface area contributed by atoms with Gasteiger partial charge in [0.2, 0.25) is 0 Å². The van der Waals surface area contributed by atoms with E-state index in [-0.39, 0.29) is 24.8 Å². The molecule has 0 saturated carbocycles. The molecule has 1 fully saturated rings. The quantitative estimate of drug-likeness (QED) is 0.865. The first-order chi connectivity index (χ1) is 10.6. The van der Waals surface area contributed by atoms with Gasteiger partial charge in [-0.1, -0.05) is 29.3 Å². The zero-order chi connectivity index (χ0) is 15.7. The van der Waals surface area contributed by atoms with Crippen LogP contribution in [0.3, 0.4) is 0 Å². The third-order valence-electron chi connectivity index (χ3n) is 4.22. The van der Waals surface area contributed by atoms with Crippen LogP contribution < -0.4 is 5.32 Å². The SMILES string of the molecule is O=C(N[C@@H]1CCc2c1ccc(Cl)c2Cl)N1CCO[C@@H](CO)C1. The smallest absolute Gasteiger partial charge is 0.318 e. The minimum absolute atomic E-state index is 0.0484. The standard InChI is InChI=1S/C15H18Cl2N2O3/c16-12-3-1-10-11(14(12)17)2-4-13(10)18-15(21)19-5-6-22-9(7-19)8-20/h1,3,9,13,20H,2,4-8H2,(H,18,21)/t9-,13-/m1/s1. The van der Waals surface area contributed by atoms with Crippen molar-refractivity contribution in [2.24, 2.45) is 0 Å². The van der Waals surface area contributed by atoms with Gasteiger partial charge in [0.1, 0.15) is 0 Å². The van der Waals surface area contributed by atoms with E-state index < -0.39 is 0 Å². The van der Waals surface area contributed by atoms with Gasteiger partial charge < -0.3 is 20.1 Å². The predicted octanol–water partition coefficient (Wildman–Crippen LogP) is 2.38. The summed E-state index contributed by atoms with van der Waals surface area (Å²) in [5.74, 6) is 0. The fraction of sp³-hybridized carbons (Fsp3) is 0.533. The number of benzene rings is 1. The number of carbonyl (C=O) groups is 1. The molecule has 1 heterocycles. The molecule has 0 bridgehead atoms. The molecule has 1 aliphatic carbocycles. The maximum absolute atomic E-state index is 12.4. The van der Waals surface area contributed by atoms with Crippen LogP contribution in [0.2, 0.25) is 10.0 Å². The van der Waals surface area contributed by atoms with Crippen molar-refractivity contribution in [1.29, 1.82) is 0 Å². The van der Waals surface area contributed by atoms with Gasteiger partial charge in [0.15, 0.2) is 0 Å². The lowest BCUT2D eigenvalue weighted by Gasteiger charge is -2.33. The molecule has 0 aromatic heterocycles. The number of ether oxygens (including phenoxy) is 1. The summed E-state index contributed by atoms with van der Waals surface area (Å²) in [7, 11) is 0. The Morgan fingerprint density at radius 3 is 3.05 bits per heavy atom. The second-order valence-electron chi connectivity index (χ2n) is 5.59. The minimum Gasteiger partial charge on any atom is -0.394 e. The number of urea groups is 1. The minimum atomic E-state index is -0.302. The van der Waals surface area contributed by atoms with Crippen LogP contribution in [0, 0.1) is 0 Å². The third-order valence-corrected chi connectivity index (χ3v) is 5.06. The van der Waals surface area contributed by atoms with Crippen LogP contribution in [-0.4, -0.2) is 48.4 Å². The average molecular weight is 345 g/mol. The molecule has 22 heavy (non-hydrogen) atoms. The number of rotatable bonds is 2. The van der Waals surface area contributed by atoms with Crippen LogP contribution in [0.5, 0.6) is 0 Å². The molecule has 1 aromatic rings. The van der Waals surface area contributed by atoms with Gasteiger partial charge in [0.05, 0.1) is 41.9 Å². The molecule has 0 radical (unpaired) electrons. The highest BCUT2D eigenvalue weighted by Crippen LogP contribution is 2.39. The third kappa shape index (κ3) is 3.04. The first-order valence-electron chi connectivity index (χ1n) is 7.35. The molecule has 7 heteroatoms. The van der Waals surface area contributed by atoms with Gasteiger partial charge >= 0.3 is 6.03 Å². The van der Waals surface area contributed by atoms with E-state index in [0.717, 1.165) is 24.0 Å². The molecule has 120 valence electrons. The molecular formula is C15H18Cl2N2O3. The number of amides is 2. The molecule has 2 amide bonds. The predicted molar refractivity (Wildman–Crippen MR) is 84.5 cm³/mol. The fourth-order valence-electron chi connectivity index (χ4n) is 3.04. The summed E-state index contributed by atoms with van der Waals surface area (Å²) >= 11 is 12.3. The molecule has 0 unspecified atom stereocenters. The van der Waals surface area contributed by atoms with E-state index in [2.05, 4.69) is 5.32 Å². The molecule has 2 atom stereocenters. The number of nitrogens with one attached hydrogen (secondary N) is 1. The maximum atomic E-state index is 12.4. The Hall–Kier alpha value is -1.01. The summed E-state index contributed by atoms with van der Waals surface area (Å²) < 4.78 is 5.36. The largest absolute Gasteiger partial charge is 0.394 e. The highest BCUT2D eigenvalue weighted by atomic mass is 35.5. The van der Waals surface area contributed by atoms with Gasteiger partial charge in [0, 0.05) is 6.54 Å². The van der Waals surface area contributed by atoms with E-state index in [4.69, 9.17) is 33.0 Å². The summed E-state index contributed by atoms with van der Waals surface area (Å²) in [4.78, 5) is 14.1. The number of halogens is 2. The second-order valence-corrected chi connectivity index (χ2v) is 6.38. The molecule has 1 aromatic carbocycles. The average Bonchev–Trinajstić information content (AvgIpc) is 2.94. The Morgan fingerprint density at radius 2 is 2.27 bits per heavy atom. The van der Waals surface area contributed by atoms with Gasteiger partial charge in [-0.2, -0.15) is 0 Å². The van der Waals surface area contributed by atoms with Crippen molar-refractivity contribution in [1.82, 2.24) is 10.2 Å². The van der Waals surface area contributed by atoms with Gasteiger partial charge in [-0.25, -0.2) is 4.79 Å². The number of carbonyl (C=O) groups excluding carboxylic acids is 1. The van der Waals surface area contributed by atoms with E-state index in [1.165, 1.54) is 0 Å². The van der Waals surface area contributed by atoms with Gasteiger partial charge in [-0.15, -0.1) is 0 Å². The zero-order valence-corrected chi connectivity index (χ0v) is 13.5. The lowest BCUT2D eigenvalue weighted by Crippen LogP contribution is -2.51. The molecule has 2 aliphatic rings. The summed E-state index contributed by atoms with van der Waals surface area (Å²) in [6.45, 7) is 1.30. The molecule has 3 rings (SSSR count). The topological polar surface area (TPSA) is 61.8 Å². The lowest BCUT2D eigenvalue weighted by molar-refractivity contribution is -0.0405. The van der Waals surface area contributed by atoms with Crippen LogP contribution in [0.25, 0.3) is 0 Å². The Kier molecular flexibility index (Phi) is 4.78. The first kappa shape index (κ1) is 15.9. The Labute approximate surface area is 139 Å². The van der Waals surface area contributed by atoms with E-state index >= 15 is 0 Å². The number of nitrogens with zero attached hydrogens (tertiary/aromatic N) is 1. The second kappa shape index (κ2) is 6.62. The molecule has 1 saturated heterocycles. The maximum Gasteiger partial charge on any atom is 0.318 e. The van der Waals surface area contributed by atoms with E-state index in [1.54, 1.807) is 11.0 Å². The van der Waals surface area contributed by atoms with Crippen molar-refractivity contribution in [3.05, 3.63) is 33.3 Å². The van der Waals surface area contributed by atoms with Gasteiger partial charge in [-0.05, 0) is 30.0 Å². The van der Waals surface area contributed by atoms with Crippen molar-refractivity contribution in [3.8, 4) is 0 Å². The summed E-state index contributed by atoms with van der Waals surface area (Å²) in [5, 5.41) is 13.3. The molecular weight excluding hydrogens is 327 g/mol. The van der Waals surface area contributed by atoms with Crippen LogP contribution in [-0.2, 0) is 11.2 Å². The van der Waals surface area contributed by atoms with Crippen molar-refractivity contribution in [2.45, 2.75) is 25.0 Å². The van der Waals surface area contributed by atoms with E-state index in [1.807, 2.05) is 6.07 Å². The lowest BCUT2D eigenvalue weighted by atomic mass is 10.1. The highest BCUT2D eigenvalue weighted by molar-refractivity contribution is 6.42. The number of hydrogen-bond acceptors (Lipinski definition) is 3. The number of aliphatic hydroxyl groups excluding tert-OH is 1. The highest BCUT2D eigenvalue weighted by Gasteiger charge is 2.30. The van der Waals surface area contributed by atoms with Crippen molar-refractivity contribution >= 4 is 29.2 Å². The Balaban J connectivity index is 1.68. The normalized spacial score (nSPS) is 24.2. The van der Waals surface area contributed by atoms with Crippen LogP contribution in [0.1, 0.15) is 23.6 Å². The van der Waals surface area contributed by atoms with E-state index in [9.17, 15) is 4.79 Å². The summed E-state index contributed by atoms with van der Waals surface area (Å²) in [6.07, 6.45) is 1.32. The molecule has 2 N–H and O–H groups in total. The first-order valence-corrected chi connectivity index (χ1v) is 8.10. The van der Waals surface area contributed by atoms with E-state index in [0.29, 0.717) is 29.7 Å². The number of morpholine rings is 1. The monoisotopic (exact) mass is 344 g/mol. The Morgan fingerprint density at radius 1 is 1.45 bits per heavy atom. The number of hydrogen-bond donors (Lipinski definition) is 2. The zero-order valence-electron chi connectivity index (χ0n) is 12.0. The molecule has 1 aliphatic heterocycles.